The fourth-order valence-corrected chi connectivity index (χ4v) is 12.9. The zero-order valence-corrected chi connectivity index (χ0v) is 22.1. The maximum absolute atomic E-state index is 13.3. The predicted molar refractivity (Wildman–Crippen MR) is 153 cm³/mol. The number of allylic oxidation sites excluding steroid dienone is 1. The molecule has 1 heterocycles. The van der Waals surface area contributed by atoms with Gasteiger partial charge in [-0.3, -0.25) is 0 Å². The van der Waals surface area contributed by atoms with E-state index >= 15 is 0 Å². The second-order valence-electron chi connectivity index (χ2n) is 9.58. The number of hydrogen-bond acceptors (Lipinski definition) is 3. The van der Waals surface area contributed by atoms with Crippen molar-refractivity contribution in [2.24, 2.45) is 0 Å². The Hall–Kier alpha value is -3.72. The molecule has 1 fully saturated rings. The molecule has 0 radical (unpaired) electrons. The predicted octanol–water partition coefficient (Wildman–Crippen LogP) is 6.69. The van der Waals surface area contributed by atoms with E-state index in [-0.39, 0.29) is 0 Å². The van der Waals surface area contributed by atoms with Crippen LogP contribution in [0.25, 0.3) is 0 Å². The van der Waals surface area contributed by atoms with Crippen molar-refractivity contribution in [3.8, 4) is 0 Å². The molecule has 0 bridgehead atoms. The minimum atomic E-state index is -4.03. The summed E-state index contributed by atoms with van der Waals surface area (Å²) in [6.45, 7) is 2.38. The van der Waals surface area contributed by atoms with Crippen molar-refractivity contribution >= 4 is 23.7 Å². The number of amides is 1. The zero-order valence-electron chi connectivity index (χ0n) is 21.2. The number of carbonyl (C=O) groups excluding carboxylic acids is 1. The fraction of sp³-hybridized carbons (Fsp3) is 0.156. The van der Waals surface area contributed by atoms with Crippen LogP contribution in [0.3, 0.4) is 0 Å². The molecule has 0 aromatic heterocycles. The van der Waals surface area contributed by atoms with Crippen molar-refractivity contribution in [1.82, 2.24) is 5.09 Å². The number of hydrogen-bond donors (Lipinski definition) is 1. The first-order valence-corrected chi connectivity index (χ1v) is 14.6. The first kappa shape index (κ1) is 25.0. The van der Waals surface area contributed by atoms with Gasteiger partial charge in [0, 0.05) is 0 Å². The normalized spacial score (nSPS) is 21.8. The van der Waals surface area contributed by atoms with Crippen LogP contribution in [-0.2, 0) is 14.9 Å². The molecule has 4 nitrogen and oxygen atoms in total. The van der Waals surface area contributed by atoms with Crippen LogP contribution < -0.4 is 15.7 Å². The standard InChI is InChI=1S/C32H32NO3P/c1-4-25-31(2)32(26-17-9-5-10-18-26,27-19-11-6-12-20-27)36-37(31,33-30(34)35-3,28-21-13-7-14-22-28)29-23-15-8-16-24-29/h4-24H,1,25H2,2-3H3,(H,33,34). The molecular weight excluding hydrogens is 477 g/mol. The molecule has 0 saturated carbocycles. The van der Waals surface area contributed by atoms with E-state index in [2.05, 4.69) is 67.1 Å². The average molecular weight is 510 g/mol. The van der Waals surface area contributed by atoms with E-state index in [0.717, 1.165) is 21.7 Å². The van der Waals surface area contributed by atoms with Gasteiger partial charge in [-0.25, -0.2) is 0 Å². The number of rotatable bonds is 7. The molecule has 1 amide bonds. The molecule has 1 aliphatic rings. The summed E-state index contributed by atoms with van der Waals surface area (Å²) < 4.78 is 12.9. The molecule has 5 heteroatoms. The van der Waals surface area contributed by atoms with Crippen molar-refractivity contribution in [3.63, 3.8) is 0 Å². The summed E-state index contributed by atoms with van der Waals surface area (Å²) in [7, 11) is 1.39. The van der Waals surface area contributed by atoms with Gasteiger partial charge in [0.15, 0.2) is 0 Å². The van der Waals surface area contributed by atoms with Crippen molar-refractivity contribution in [2.45, 2.75) is 24.1 Å². The number of methoxy groups -OCH3 is 1. The van der Waals surface area contributed by atoms with Gasteiger partial charge in [0.2, 0.25) is 0 Å². The van der Waals surface area contributed by atoms with Crippen LogP contribution in [0.5, 0.6) is 0 Å². The third kappa shape index (κ3) is 3.19. The Kier molecular flexibility index (Phi) is 6.27. The van der Waals surface area contributed by atoms with Gasteiger partial charge < -0.3 is 0 Å². The summed E-state index contributed by atoms with van der Waals surface area (Å²) >= 11 is 0. The van der Waals surface area contributed by atoms with Gasteiger partial charge >= 0.3 is 219 Å². The van der Waals surface area contributed by atoms with Gasteiger partial charge in [0.05, 0.1) is 0 Å². The van der Waals surface area contributed by atoms with Gasteiger partial charge in [-0.15, -0.1) is 0 Å². The molecule has 188 valence electrons. The first-order chi connectivity index (χ1) is 18.0. The van der Waals surface area contributed by atoms with Gasteiger partial charge in [0.25, 0.3) is 0 Å². The summed E-state index contributed by atoms with van der Waals surface area (Å²) in [4.78, 5) is 13.3. The van der Waals surface area contributed by atoms with Crippen LogP contribution >= 0.6 is 6.98 Å². The van der Waals surface area contributed by atoms with Crippen LogP contribution in [0.1, 0.15) is 24.5 Å². The van der Waals surface area contributed by atoms with E-state index in [1.165, 1.54) is 7.11 Å². The minimum absolute atomic E-state index is 0.532. The number of nitrogens with one attached hydrogen (secondary N) is 1. The Morgan fingerprint density at radius 3 is 1.59 bits per heavy atom. The van der Waals surface area contributed by atoms with E-state index in [4.69, 9.17) is 9.26 Å². The molecule has 37 heavy (non-hydrogen) atoms. The Labute approximate surface area is 219 Å². The zero-order chi connectivity index (χ0) is 26.0. The second-order valence-corrected chi connectivity index (χ2v) is 14.1. The quantitative estimate of drug-likeness (QED) is 0.223. The van der Waals surface area contributed by atoms with Crippen molar-refractivity contribution in [2.75, 3.05) is 7.11 Å². The molecule has 1 atom stereocenters. The Morgan fingerprint density at radius 2 is 1.22 bits per heavy atom. The van der Waals surface area contributed by atoms with Crippen LogP contribution in [0, 0.1) is 0 Å². The van der Waals surface area contributed by atoms with Crippen molar-refractivity contribution in [1.29, 1.82) is 0 Å². The van der Waals surface area contributed by atoms with E-state index in [1.54, 1.807) is 0 Å². The topological polar surface area (TPSA) is 47.6 Å². The number of carbonyl (C=O) groups is 1. The molecule has 4 aromatic carbocycles. The summed E-state index contributed by atoms with van der Waals surface area (Å²) in [6.07, 6.45) is 1.98. The summed E-state index contributed by atoms with van der Waals surface area (Å²) in [5, 5.41) is 4.57. The Bertz CT molecular complexity index is 1310. The van der Waals surface area contributed by atoms with Gasteiger partial charge in [-0.2, -0.15) is 0 Å². The van der Waals surface area contributed by atoms with E-state index < -0.39 is 23.8 Å². The Balaban J connectivity index is 1.97. The molecule has 1 unspecified atom stereocenters. The fourth-order valence-electron chi connectivity index (χ4n) is 6.32. The third-order valence-electron chi connectivity index (χ3n) is 7.91. The first-order valence-electron chi connectivity index (χ1n) is 12.4. The molecular formula is C32H32NO3P. The summed E-state index contributed by atoms with van der Waals surface area (Å²) in [5.41, 5.74) is 1.16. The van der Waals surface area contributed by atoms with Crippen LogP contribution in [0.4, 0.5) is 4.79 Å². The molecule has 5 rings (SSSR count). The average Bonchev–Trinajstić information content (AvgIpc) is 2.97. The van der Waals surface area contributed by atoms with Gasteiger partial charge in [-0.05, 0) is 0 Å². The SMILES string of the molecule is C=CCC1(C)C(c2ccccc2)(c2ccccc2)OP1(NC(=O)OC)(c1ccccc1)c1ccccc1. The third-order valence-corrected chi connectivity index (χ3v) is 14.1. The number of ether oxygens (including phenoxy) is 1. The molecule has 1 aliphatic heterocycles. The monoisotopic (exact) mass is 509 g/mol. The Morgan fingerprint density at radius 1 is 0.811 bits per heavy atom. The van der Waals surface area contributed by atoms with Crippen LogP contribution in [0.15, 0.2) is 134 Å². The summed E-state index contributed by atoms with van der Waals surface area (Å²) in [5.74, 6) is 0. The molecule has 0 spiro atoms. The molecule has 4 aromatic rings. The van der Waals surface area contributed by atoms with Crippen LogP contribution in [-0.4, -0.2) is 18.4 Å². The van der Waals surface area contributed by atoms with Gasteiger partial charge in [0.1, 0.15) is 0 Å². The summed E-state index contributed by atoms with van der Waals surface area (Å²) in [6, 6.07) is 40.7. The van der Waals surface area contributed by atoms with E-state index in [9.17, 15) is 4.79 Å². The molecule has 1 N–H and O–H groups in total. The maximum atomic E-state index is 13.3. The molecule has 0 aliphatic carbocycles. The molecule has 1 saturated heterocycles. The van der Waals surface area contributed by atoms with Crippen molar-refractivity contribution < 1.29 is 14.1 Å². The number of benzene rings is 4. The van der Waals surface area contributed by atoms with Gasteiger partial charge in [-0.1, -0.05) is 0 Å². The second kappa shape index (κ2) is 9.30. The van der Waals surface area contributed by atoms with Crippen LogP contribution in [0.2, 0.25) is 0 Å². The van der Waals surface area contributed by atoms with E-state index in [1.807, 2.05) is 78.9 Å². The van der Waals surface area contributed by atoms with E-state index in [0.29, 0.717) is 6.42 Å². The van der Waals surface area contributed by atoms with Crippen molar-refractivity contribution in [3.05, 3.63) is 145 Å².